The molecule has 0 aliphatic rings. The van der Waals surface area contributed by atoms with Gasteiger partial charge in [0, 0.05) is 13.8 Å². The van der Waals surface area contributed by atoms with Gasteiger partial charge in [-0.1, -0.05) is 4.47 Å². The summed E-state index contributed by atoms with van der Waals surface area (Å²) in [6.45, 7) is 1.98. The molecule has 1 amide bonds. The molecule has 0 aromatic heterocycles. The van der Waals surface area contributed by atoms with Crippen LogP contribution in [-0.4, -0.2) is 31.0 Å². The fourth-order valence-electron chi connectivity index (χ4n) is 0.482. The first-order valence-electron chi connectivity index (χ1n) is 2.94. The van der Waals surface area contributed by atoms with Gasteiger partial charge in [-0.15, -0.1) is 0 Å². The van der Waals surface area contributed by atoms with E-state index in [0.29, 0.717) is 0 Å². The van der Waals surface area contributed by atoms with E-state index in [0.717, 1.165) is 20.1 Å². The molecule has 0 aliphatic heterocycles. The highest BCUT2D eigenvalue weighted by atomic mass is 32.2. The van der Waals surface area contributed by atoms with Gasteiger partial charge in [0.1, 0.15) is 0 Å². The van der Waals surface area contributed by atoms with Crippen LogP contribution >= 0.6 is 0 Å². The van der Waals surface area contributed by atoms with Crippen LogP contribution in [0.2, 0.25) is 0 Å². The summed E-state index contributed by atoms with van der Waals surface area (Å²) < 4.78 is 21.5. The quantitative estimate of drug-likeness (QED) is 0.515. The highest BCUT2D eigenvalue weighted by molar-refractivity contribution is 7.88. The minimum Gasteiger partial charge on any atom is -0.323 e. The smallest absolute Gasteiger partial charge is 0.323 e. The summed E-state index contributed by atoms with van der Waals surface area (Å²) in [7, 11) is -3.82. The van der Waals surface area contributed by atoms with E-state index >= 15 is 0 Å². The molecule has 0 saturated heterocycles. The Morgan fingerprint density at radius 1 is 1.25 bits per heavy atom. The number of hydroxylamine groups is 1. The second kappa shape index (κ2) is 3.53. The van der Waals surface area contributed by atoms with Gasteiger partial charge < -0.3 is 4.84 Å². The minimum atomic E-state index is -3.82. The number of nitrogens with zero attached hydrogens (tertiary/aromatic N) is 1. The monoisotopic (exact) mass is 195 g/mol. The second-order valence-corrected chi connectivity index (χ2v) is 3.89. The summed E-state index contributed by atoms with van der Waals surface area (Å²) in [6, 6.07) is 0. The topological polar surface area (TPSA) is 80.8 Å². The Bertz CT molecular complexity index is 293. The van der Waals surface area contributed by atoms with Gasteiger partial charge in [0.05, 0.1) is 6.26 Å². The molecule has 0 saturated carbocycles. The van der Waals surface area contributed by atoms with Gasteiger partial charge in [-0.05, 0) is 0 Å². The summed E-state index contributed by atoms with van der Waals surface area (Å²) in [5.74, 6) is -1.73. The van der Waals surface area contributed by atoms with Crippen LogP contribution in [0.1, 0.15) is 13.8 Å². The molecular weight excluding hydrogens is 186 g/mol. The van der Waals surface area contributed by atoms with Crippen molar-refractivity contribution in [2.75, 3.05) is 6.26 Å². The zero-order valence-corrected chi connectivity index (χ0v) is 7.71. The average Bonchev–Trinajstić information content (AvgIpc) is 1.79. The van der Waals surface area contributed by atoms with Gasteiger partial charge in [0.25, 0.3) is 15.9 Å². The molecule has 0 radical (unpaired) electrons. The number of sulfonamides is 1. The maximum Gasteiger partial charge on any atom is 0.330 e. The summed E-state index contributed by atoms with van der Waals surface area (Å²) in [4.78, 5) is 25.1. The maximum atomic E-state index is 10.7. The van der Waals surface area contributed by atoms with E-state index in [1.54, 1.807) is 0 Å². The largest absolute Gasteiger partial charge is 0.330 e. The van der Waals surface area contributed by atoms with Crippen molar-refractivity contribution in [2.24, 2.45) is 0 Å². The van der Waals surface area contributed by atoms with E-state index in [1.807, 2.05) is 0 Å². The molecule has 0 rings (SSSR count). The van der Waals surface area contributed by atoms with Gasteiger partial charge in [-0.2, -0.15) is 0 Å². The first-order chi connectivity index (χ1) is 5.25. The number of hydrogen-bond acceptors (Lipinski definition) is 5. The van der Waals surface area contributed by atoms with E-state index < -0.39 is 21.9 Å². The Hall–Kier alpha value is -1.11. The van der Waals surface area contributed by atoms with Gasteiger partial charge in [-0.25, -0.2) is 13.2 Å². The van der Waals surface area contributed by atoms with Gasteiger partial charge in [0.2, 0.25) is 0 Å². The minimum absolute atomic E-state index is 0.0370. The molecule has 6 nitrogen and oxygen atoms in total. The molecule has 0 aliphatic carbocycles. The summed E-state index contributed by atoms with van der Waals surface area (Å²) in [5.41, 5.74) is 0. The summed E-state index contributed by atoms with van der Waals surface area (Å²) >= 11 is 0. The molecule has 0 aromatic carbocycles. The third-order valence-electron chi connectivity index (χ3n) is 0.770. The van der Waals surface area contributed by atoms with Gasteiger partial charge >= 0.3 is 5.97 Å². The van der Waals surface area contributed by atoms with Crippen LogP contribution in [0.25, 0.3) is 0 Å². The van der Waals surface area contributed by atoms with Crippen LogP contribution < -0.4 is 0 Å². The van der Waals surface area contributed by atoms with E-state index in [-0.39, 0.29) is 4.47 Å². The Morgan fingerprint density at radius 2 is 1.67 bits per heavy atom. The number of hydrogen-bond donors (Lipinski definition) is 0. The third-order valence-corrected chi connectivity index (χ3v) is 1.70. The van der Waals surface area contributed by atoms with E-state index in [9.17, 15) is 18.0 Å². The third kappa shape index (κ3) is 3.33. The molecule has 0 atom stereocenters. The fraction of sp³-hybridized carbons (Fsp3) is 0.600. The normalized spacial score (nSPS) is 10.6. The zero-order chi connectivity index (χ0) is 9.94. The van der Waals surface area contributed by atoms with Crippen LogP contribution in [0.4, 0.5) is 0 Å². The molecule has 0 spiro atoms. The van der Waals surface area contributed by atoms with Crippen LogP contribution in [0, 0.1) is 0 Å². The lowest BCUT2D eigenvalue weighted by Gasteiger charge is -2.14. The first kappa shape index (κ1) is 10.9. The maximum absolute atomic E-state index is 10.7. The SMILES string of the molecule is CC(=O)ON(C(C)=O)S(C)(=O)=O. The number of carbonyl (C=O) groups excluding carboxylic acids is 2. The molecular formula is C5H9NO5S. The van der Waals surface area contributed by atoms with E-state index in [1.165, 1.54) is 0 Å². The summed E-state index contributed by atoms with van der Waals surface area (Å²) in [6.07, 6.45) is 0.761. The molecule has 0 N–H and O–H groups in total. The average molecular weight is 195 g/mol. The van der Waals surface area contributed by atoms with Crippen molar-refractivity contribution in [2.45, 2.75) is 13.8 Å². The van der Waals surface area contributed by atoms with E-state index in [2.05, 4.69) is 4.84 Å². The summed E-state index contributed by atoms with van der Waals surface area (Å²) in [5, 5.41) is 0. The Balaban J connectivity index is 4.70. The number of rotatable bonds is 1. The molecule has 0 bridgehead atoms. The Morgan fingerprint density at radius 3 is 1.75 bits per heavy atom. The number of amides is 1. The molecule has 12 heavy (non-hydrogen) atoms. The number of carbonyl (C=O) groups is 2. The molecule has 0 fully saturated rings. The van der Waals surface area contributed by atoms with Crippen molar-refractivity contribution in [3.8, 4) is 0 Å². The van der Waals surface area contributed by atoms with Crippen LogP contribution in [0.3, 0.4) is 0 Å². The van der Waals surface area contributed by atoms with E-state index in [4.69, 9.17) is 0 Å². The highest BCUT2D eigenvalue weighted by Gasteiger charge is 2.22. The Labute approximate surface area is 70.1 Å². The van der Waals surface area contributed by atoms with Crippen molar-refractivity contribution in [1.29, 1.82) is 0 Å². The zero-order valence-electron chi connectivity index (χ0n) is 6.90. The molecule has 0 unspecified atom stereocenters. The van der Waals surface area contributed by atoms with Crippen molar-refractivity contribution in [3.05, 3.63) is 0 Å². The molecule has 0 aromatic rings. The lowest BCUT2D eigenvalue weighted by atomic mass is 10.8. The van der Waals surface area contributed by atoms with Gasteiger partial charge in [-0.3, -0.25) is 4.79 Å². The second-order valence-electron chi connectivity index (χ2n) is 2.09. The van der Waals surface area contributed by atoms with Crippen LogP contribution in [0.15, 0.2) is 0 Å². The molecule has 7 heteroatoms. The Kier molecular flexibility index (Phi) is 3.20. The predicted octanol–water partition coefficient (Wildman–Crippen LogP) is -0.727. The molecule has 70 valence electrons. The van der Waals surface area contributed by atoms with Crippen molar-refractivity contribution >= 4 is 21.9 Å². The lowest BCUT2D eigenvalue weighted by molar-refractivity contribution is -0.175. The van der Waals surface area contributed by atoms with Gasteiger partial charge in [0.15, 0.2) is 0 Å². The standard InChI is InChI=1S/C5H9NO5S/c1-4(7)6(11-5(2)8)12(3,9)10/h1-3H3. The highest BCUT2D eigenvalue weighted by Crippen LogP contribution is 1.99. The van der Waals surface area contributed by atoms with Crippen molar-refractivity contribution < 1.29 is 22.8 Å². The predicted molar refractivity (Wildman–Crippen MR) is 39.1 cm³/mol. The van der Waals surface area contributed by atoms with Crippen LogP contribution in [0.5, 0.6) is 0 Å². The first-order valence-corrected chi connectivity index (χ1v) is 4.79. The fourth-order valence-corrected chi connectivity index (χ4v) is 1.19. The van der Waals surface area contributed by atoms with Crippen molar-refractivity contribution in [3.63, 3.8) is 0 Å². The van der Waals surface area contributed by atoms with Crippen molar-refractivity contribution in [1.82, 2.24) is 4.47 Å². The van der Waals surface area contributed by atoms with Crippen LogP contribution in [-0.2, 0) is 24.4 Å². The lowest BCUT2D eigenvalue weighted by Crippen LogP contribution is -2.35. The molecule has 0 heterocycles.